The van der Waals surface area contributed by atoms with Crippen LogP contribution in [0.2, 0.25) is 0 Å². The van der Waals surface area contributed by atoms with Crippen molar-refractivity contribution in [2.75, 3.05) is 6.61 Å². The summed E-state index contributed by atoms with van der Waals surface area (Å²) in [6, 6.07) is 7.71. The molecule has 1 unspecified atom stereocenters. The van der Waals surface area contributed by atoms with Crippen LogP contribution in [-0.4, -0.2) is 17.8 Å². The molecule has 1 aromatic carbocycles. The zero-order chi connectivity index (χ0) is 10.4. The van der Waals surface area contributed by atoms with E-state index < -0.39 is 6.10 Å². The maximum atomic E-state index is 8.98. The number of hydrogen-bond acceptors (Lipinski definition) is 2. The fraction of sp³-hybridized carbons (Fsp3) is 0.250. The molecule has 0 saturated carbocycles. The van der Waals surface area contributed by atoms with Crippen molar-refractivity contribution in [1.82, 2.24) is 0 Å². The van der Waals surface area contributed by atoms with Crippen LogP contribution in [0.5, 0.6) is 5.75 Å². The Labute approximate surface area is 84.8 Å². The smallest absolute Gasteiger partial charge is 0.122 e. The molecule has 0 bridgehead atoms. The molecule has 0 fully saturated rings. The van der Waals surface area contributed by atoms with E-state index in [9.17, 15) is 0 Å². The summed E-state index contributed by atoms with van der Waals surface area (Å²) in [6.45, 7) is 7.33. The molecule has 1 atom stereocenters. The normalized spacial score (nSPS) is 12.1. The molecular weight excluding hydrogens is 176 g/mol. The summed E-state index contributed by atoms with van der Waals surface area (Å²) >= 11 is 0. The lowest BCUT2D eigenvalue weighted by atomic mass is 10.1. The number of rotatable bonds is 5. The standard InChI is InChI=1S/C12H15O2/c1-3-6-11-7-4-5-8-12(11)14-9-10(2)13/h3-5,7-8,10,13H,1-2,6,9H2. The second-order valence-corrected chi connectivity index (χ2v) is 3.07. The highest BCUT2D eigenvalue weighted by Crippen LogP contribution is 2.18. The zero-order valence-corrected chi connectivity index (χ0v) is 8.15. The highest BCUT2D eigenvalue weighted by molar-refractivity contribution is 5.34. The molecule has 0 amide bonds. The van der Waals surface area contributed by atoms with Crippen molar-refractivity contribution in [3.63, 3.8) is 0 Å². The Morgan fingerprint density at radius 1 is 1.43 bits per heavy atom. The number of hydrogen-bond donors (Lipinski definition) is 1. The fourth-order valence-corrected chi connectivity index (χ4v) is 1.15. The van der Waals surface area contributed by atoms with E-state index in [0.717, 1.165) is 17.7 Å². The van der Waals surface area contributed by atoms with Crippen molar-refractivity contribution in [1.29, 1.82) is 0 Å². The number of ether oxygens (including phenoxy) is 1. The second kappa shape index (κ2) is 5.45. The predicted molar refractivity (Wildman–Crippen MR) is 57.2 cm³/mol. The van der Waals surface area contributed by atoms with Crippen molar-refractivity contribution in [2.45, 2.75) is 12.5 Å². The molecule has 1 radical (unpaired) electrons. The highest BCUT2D eigenvalue weighted by Gasteiger charge is 2.02. The molecule has 0 heterocycles. The topological polar surface area (TPSA) is 29.5 Å². The van der Waals surface area contributed by atoms with Gasteiger partial charge >= 0.3 is 0 Å². The Balaban J connectivity index is 2.68. The maximum Gasteiger partial charge on any atom is 0.122 e. The molecule has 0 aliphatic rings. The Morgan fingerprint density at radius 3 is 2.79 bits per heavy atom. The molecule has 0 spiro atoms. The van der Waals surface area contributed by atoms with Gasteiger partial charge in [-0.3, -0.25) is 0 Å². The van der Waals surface area contributed by atoms with Gasteiger partial charge in [-0.25, -0.2) is 0 Å². The van der Waals surface area contributed by atoms with Crippen LogP contribution in [-0.2, 0) is 6.42 Å². The molecule has 1 aromatic rings. The third-order valence-corrected chi connectivity index (χ3v) is 1.77. The number of para-hydroxylation sites is 1. The summed E-state index contributed by atoms with van der Waals surface area (Å²) in [7, 11) is 0. The van der Waals surface area contributed by atoms with Gasteiger partial charge in [0, 0.05) is 0 Å². The van der Waals surface area contributed by atoms with Crippen LogP contribution in [0, 0.1) is 6.92 Å². The van der Waals surface area contributed by atoms with E-state index in [4.69, 9.17) is 9.84 Å². The van der Waals surface area contributed by atoms with Gasteiger partial charge in [-0.1, -0.05) is 24.3 Å². The minimum absolute atomic E-state index is 0.216. The van der Waals surface area contributed by atoms with Crippen molar-refractivity contribution < 1.29 is 9.84 Å². The van der Waals surface area contributed by atoms with E-state index >= 15 is 0 Å². The number of benzene rings is 1. The first-order chi connectivity index (χ1) is 6.74. The van der Waals surface area contributed by atoms with Crippen LogP contribution in [0.1, 0.15) is 5.56 Å². The van der Waals surface area contributed by atoms with Gasteiger partial charge in [-0.2, -0.15) is 0 Å². The van der Waals surface area contributed by atoms with Crippen molar-refractivity contribution >= 4 is 0 Å². The monoisotopic (exact) mass is 191 g/mol. The Kier molecular flexibility index (Phi) is 4.20. The molecule has 75 valence electrons. The highest BCUT2D eigenvalue weighted by atomic mass is 16.5. The summed E-state index contributed by atoms with van der Waals surface area (Å²) in [4.78, 5) is 0. The van der Waals surface area contributed by atoms with E-state index in [1.165, 1.54) is 0 Å². The molecule has 1 rings (SSSR count). The Morgan fingerprint density at radius 2 is 2.14 bits per heavy atom. The van der Waals surface area contributed by atoms with Crippen molar-refractivity contribution in [3.05, 3.63) is 49.4 Å². The van der Waals surface area contributed by atoms with Crippen molar-refractivity contribution in [3.8, 4) is 5.75 Å². The number of aliphatic hydroxyl groups is 1. The molecular formula is C12H15O2. The summed E-state index contributed by atoms with van der Waals surface area (Å²) in [5, 5.41) is 8.98. The second-order valence-electron chi connectivity index (χ2n) is 3.07. The zero-order valence-electron chi connectivity index (χ0n) is 8.15. The minimum Gasteiger partial charge on any atom is -0.491 e. The summed E-state index contributed by atoms with van der Waals surface area (Å²) in [5.41, 5.74) is 1.07. The van der Waals surface area contributed by atoms with Gasteiger partial charge in [-0.05, 0) is 25.0 Å². The summed E-state index contributed by atoms with van der Waals surface area (Å²) < 4.78 is 5.39. The average molecular weight is 191 g/mol. The van der Waals surface area contributed by atoms with Crippen LogP contribution in [0.15, 0.2) is 36.9 Å². The lowest BCUT2D eigenvalue weighted by molar-refractivity contribution is 0.142. The first kappa shape index (κ1) is 10.8. The third-order valence-electron chi connectivity index (χ3n) is 1.77. The molecule has 2 nitrogen and oxygen atoms in total. The van der Waals surface area contributed by atoms with Crippen LogP contribution >= 0.6 is 0 Å². The molecule has 0 aliphatic carbocycles. The van der Waals surface area contributed by atoms with E-state index in [0.29, 0.717) is 0 Å². The van der Waals surface area contributed by atoms with Gasteiger partial charge in [0.15, 0.2) is 0 Å². The lowest BCUT2D eigenvalue weighted by Gasteiger charge is -2.11. The number of aliphatic hydroxyl groups excluding tert-OH is 1. The van der Waals surface area contributed by atoms with Gasteiger partial charge in [0.05, 0.1) is 6.10 Å². The third kappa shape index (κ3) is 3.23. The van der Waals surface area contributed by atoms with Crippen LogP contribution < -0.4 is 4.74 Å². The quantitative estimate of drug-likeness (QED) is 0.721. The maximum absolute atomic E-state index is 8.98. The largest absolute Gasteiger partial charge is 0.491 e. The minimum atomic E-state index is -0.688. The van der Waals surface area contributed by atoms with E-state index in [1.807, 2.05) is 30.3 Å². The Bertz CT molecular complexity index is 292. The SMILES string of the molecule is [CH2]C(O)COc1ccccc1CC=C. The van der Waals surface area contributed by atoms with Gasteiger partial charge in [0.1, 0.15) is 12.4 Å². The van der Waals surface area contributed by atoms with Gasteiger partial charge in [0.2, 0.25) is 0 Å². The summed E-state index contributed by atoms with van der Waals surface area (Å²) in [5.74, 6) is 0.787. The first-order valence-corrected chi connectivity index (χ1v) is 4.56. The molecule has 0 saturated heterocycles. The van der Waals surface area contributed by atoms with Crippen LogP contribution in [0.3, 0.4) is 0 Å². The predicted octanol–water partition coefficient (Wildman–Crippen LogP) is 1.99. The molecule has 1 N–H and O–H groups in total. The van der Waals surface area contributed by atoms with Gasteiger partial charge < -0.3 is 9.84 Å². The molecule has 14 heavy (non-hydrogen) atoms. The molecule has 0 aromatic heterocycles. The van der Waals surface area contributed by atoms with Gasteiger partial charge in [0.25, 0.3) is 0 Å². The van der Waals surface area contributed by atoms with Crippen molar-refractivity contribution in [2.24, 2.45) is 0 Å². The summed E-state index contributed by atoms with van der Waals surface area (Å²) in [6.07, 6.45) is 1.90. The number of allylic oxidation sites excluding steroid dienone is 1. The van der Waals surface area contributed by atoms with Crippen LogP contribution in [0.25, 0.3) is 0 Å². The van der Waals surface area contributed by atoms with E-state index in [1.54, 1.807) is 0 Å². The fourth-order valence-electron chi connectivity index (χ4n) is 1.15. The molecule has 0 aliphatic heterocycles. The van der Waals surface area contributed by atoms with E-state index in [-0.39, 0.29) is 6.61 Å². The van der Waals surface area contributed by atoms with Crippen LogP contribution in [0.4, 0.5) is 0 Å². The molecule has 2 heteroatoms. The Hall–Kier alpha value is -1.28. The average Bonchev–Trinajstić information content (AvgIpc) is 2.17. The lowest BCUT2D eigenvalue weighted by Crippen LogP contribution is -2.13. The van der Waals surface area contributed by atoms with Gasteiger partial charge in [-0.15, -0.1) is 6.58 Å². The van der Waals surface area contributed by atoms with E-state index in [2.05, 4.69) is 13.5 Å². The first-order valence-electron chi connectivity index (χ1n) is 4.56.